The minimum absolute atomic E-state index is 0.781. The molecule has 0 amide bonds. The lowest BCUT2D eigenvalue weighted by Crippen LogP contribution is -2.39. The zero-order valence-electron chi connectivity index (χ0n) is 7.50. The average molecular weight is 171 g/mol. The zero-order chi connectivity index (χ0) is 8.23. The van der Waals surface area contributed by atoms with Gasteiger partial charge in [-0.3, -0.25) is 4.90 Å². The molecule has 70 valence electrons. The van der Waals surface area contributed by atoms with Crippen molar-refractivity contribution in [2.45, 2.75) is 6.42 Å². The molecular formula is C9H17NO2. The maximum atomic E-state index is 5.34. The minimum atomic E-state index is 0.781. The van der Waals surface area contributed by atoms with Gasteiger partial charge in [0.15, 0.2) is 0 Å². The Morgan fingerprint density at radius 1 is 1.08 bits per heavy atom. The fourth-order valence-corrected chi connectivity index (χ4v) is 1.88. The topological polar surface area (TPSA) is 21.7 Å². The van der Waals surface area contributed by atoms with Crippen LogP contribution < -0.4 is 0 Å². The fourth-order valence-electron chi connectivity index (χ4n) is 1.88. The molecule has 2 heterocycles. The molecule has 12 heavy (non-hydrogen) atoms. The van der Waals surface area contributed by atoms with Crippen LogP contribution in [0.4, 0.5) is 0 Å². The molecule has 2 rings (SSSR count). The van der Waals surface area contributed by atoms with E-state index in [1.165, 1.54) is 13.0 Å². The first-order valence-corrected chi connectivity index (χ1v) is 4.83. The molecule has 0 N–H and O–H groups in total. The number of hydrogen-bond acceptors (Lipinski definition) is 3. The van der Waals surface area contributed by atoms with Gasteiger partial charge in [0.1, 0.15) is 0 Å². The van der Waals surface area contributed by atoms with Crippen molar-refractivity contribution in [2.24, 2.45) is 5.92 Å². The smallest absolute Gasteiger partial charge is 0.0594 e. The van der Waals surface area contributed by atoms with E-state index >= 15 is 0 Å². The number of nitrogens with zero attached hydrogens (tertiary/aromatic N) is 1. The van der Waals surface area contributed by atoms with Crippen molar-refractivity contribution < 1.29 is 9.47 Å². The van der Waals surface area contributed by atoms with Crippen molar-refractivity contribution in [3.8, 4) is 0 Å². The second kappa shape index (κ2) is 4.21. The summed E-state index contributed by atoms with van der Waals surface area (Å²) >= 11 is 0. The summed E-state index contributed by atoms with van der Waals surface area (Å²) in [6.45, 7) is 7.18. The highest BCUT2D eigenvalue weighted by Crippen LogP contribution is 2.14. The van der Waals surface area contributed by atoms with Gasteiger partial charge in [0.2, 0.25) is 0 Å². The maximum absolute atomic E-state index is 5.34. The van der Waals surface area contributed by atoms with Gasteiger partial charge in [0.05, 0.1) is 19.8 Å². The van der Waals surface area contributed by atoms with E-state index in [4.69, 9.17) is 9.47 Å². The van der Waals surface area contributed by atoms with Crippen LogP contribution >= 0.6 is 0 Å². The summed E-state index contributed by atoms with van der Waals surface area (Å²) in [6, 6.07) is 0. The maximum Gasteiger partial charge on any atom is 0.0594 e. The van der Waals surface area contributed by atoms with Gasteiger partial charge in [-0.1, -0.05) is 0 Å². The third kappa shape index (κ3) is 2.19. The Labute approximate surface area is 73.6 Å². The first-order valence-electron chi connectivity index (χ1n) is 4.83. The van der Waals surface area contributed by atoms with Gasteiger partial charge in [-0.05, 0) is 12.3 Å². The highest BCUT2D eigenvalue weighted by atomic mass is 16.5. The molecule has 2 saturated heterocycles. The number of hydrogen-bond donors (Lipinski definition) is 0. The summed E-state index contributed by atoms with van der Waals surface area (Å²) in [4.78, 5) is 2.49. The summed E-state index contributed by atoms with van der Waals surface area (Å²) in [5.74, 6) is 0.781. The molecule has 3 nitrogen and oxygen atoms in total. The summed E-state index contributed by atoms with van der Waals surface area (Å²) in [5, 5.41) is 0. The number of morpholine rings is 1. The van der Waals surface area contributed by atoms with E-state index in [0.717, 1.165) is 45.4 Å². The van der Waals surface area contributed by atoms with Crippen molar-refractivity contribution in [3.63, 3.8) is 0 Å². The zero-order valence-corrected chi connectivity index (χ0v) is 7.50. The largest absolute Gasteiger partial charge is 0.381 e. The molecular weight excluding hydrogens is 154 g/mol. The quantitative estimate of drug-likeness (QED) is 0.598. The first kappa shape index (κ1) is 8.48. The van der Waals surface area contributed by atoms with E-state index in [1.54, 1.807) is 0 Å². The van der Waals surface area contributed by atoms with Crippen molar-refractivity contribution in [1.29, 1.82) is 0 Å². The van der Waals surface area contributed by atoms with Gasteiger partial charge >= 0.3 is 0 Å². The van der Waals surface area contributed by atoms with Gasteiger partial charge in [0, 0.05) is 26.2 Å². The summed E-state index contributed by atoms with van der Waals surface area (Å²) < 4.78 is 10.6. The molecule has 0 aliphatic carbocycles. The summed E-state index contributed by atoms with van der Waals surface area (Å²) in [7, 11) is 0. The monoisotopic (exact) mass is 171 g/mol. The lowest BCUT2D eigenvalue weighted by atomic mass is 10.1. The normalized spacial score (nSPS) is 32.5. The standard InChI is InChI=1S/C9H17NO2/c1-4-12-8-9(1)7-10-2-5-11-6-3-10/h9H,1-8H2. The highest BCUT2D eigenvalue weighted by molar-refractivity contribution is 4.71. The van der Waals surface area contributed by atoms with E-state index in [0.29, 0.717) is 0 Å². The Kier molecular flexibility index (Phi) is 2.98. The molecule has 2 fully saturated rings. The Morgan fingerprint density at radius 3 is 2.58 bits per heavy atom. The van der Waals surface area contributed by atoms with E-state index in [9.17, 15) is 0 Å². The minimum Gasteiger partial charge on any atom is -0.381 e. The van der Waals surface area contributed by atoms with Crippen LogP contribution in [0.2, 0.25) is 0 Å². The van der Waals surface area contributed by atoms with E-state index < -0.39 is 0 Å². The van der Waals surface area contributed by atoms with Gasteiger partial charge in [-0.25, -0.2) is 0 Å². The Morgan fingerprint density at radius 2 is 1.92 bits per heavy atom. The van der Waals surface area contributed by atoms with E-state index in [1.807, 2.05) is 0 Å². The third-order valence-corrected chi connectivity index (χ3v) is 2.64. The van der Waals surface area contributed by atoms with Crippen LogP contribution in [0.1, 0.15) is 6.42 Å². The molecule has 1 atom stereocenters. The molecule has 0 radical (unpaired) electrons. The van der Waals surface area contributed by atoms with E-state index in [-0.39, 0.29) is 0 Å². The van der Waals surface area contributed by atoms with Gasteiger partial charge in [-0.2, -0.15) is 0 Å². The van der Waals surface area contributed by atoms with Crippen molar-refractivity contribution in [2.75, 3.05) is 46.1 Å². The molecule has 3 heteroatoms. The van der Waals surface area contributed by atoms with Gasteiger partial charge < -0.3 is 9.47 Å². The van der Waals surface area contributed by atoms with Crippen LogP contribution in [0.5, 0.6) is 0 Å². The molecule has 2 aliphatic rings. The molecule has 0 aromatic carbocycles. The summed E-state index contributed by atoms with van der Waals surface area (Å²) in [5.41, 5.74) is 0. The van der Waals surface area contributed by atoms with Gasteiger partial charge in [0.25, 0.3) is 0 Å². The Hall–Kier alpha value is -0.120. The van der Waals surface area contributed by atoms with Crippen LogP contribution in [0, 0.1) is 5.92 Å². The molecule has 1 unspecified atom stereocenters. The van der Waals surface area contributed by atoms with E-state index in [2.05, 4.69) is 4.90 Å². The second-order valence-electron chi connectivity index (χ2n) is 3.64. The predicted molar refractivity (Wildman–Crippen MR) is 46.2 cm³/mol. The third-order valence-electron chi connectivity index (χ3n) is 2.64. The number of rotatable bonds is 2. The predicted octanol–water partition coefficient (Wildman–Crippen LogP) is 0.355. The molecule has 0 aromatic heterocycles. The van der Waals surface area contributed by atoms with Gasteiger partial charge in [-0.15, -0.1) is 0 Å². The summed E-state index contributed by atoms with van der Waals surface area (Å²) in [6.07, 6.45) is 1.25. The lowest BCUT2D eigenvalue weighted by molar-refractivity contribution is 0.0296. The SMILES string of the molecule is C1CN(CC2CCOC2)CCO1. The van der Waals surface area contributed by atoms with Crippen LogP contribution in [0.15, 0.2) is 0 Å². The number of ether oxygens (including phenoxy) is 2. The molecule has 0 bridgehead atoms. The van der Waals surface area contributed by atoms with Crippen molar-refractivity contribution in [1.82, 2.24) is 4.90 Å². The Balaban J connectivity index is 1.69. The molecule has 0 saturated carbocycles. The average Bonchev–Trinajstić information content (AvgIpc) is 2.59. The molecule has 0 spiro atoms. The van der Waals surface area contributed by atoms with Crippen LogP contribution in [0.25, 0.3) is 0 Å². The highest BCUT2D eigenvalue weighted by Gasteiger charge is 2.20. The Bertz CT molecular complexity index is 128. The van der Waals surface area contributed by atoms with Crippen molar-refractivity contribution in [3.05, 3.63) is 0 Å². The first-order chi connectivity index (χ1) is 5.95. The van der Waals surface area contributed by atoms with Crippen molar-refractivity contribution >= 4 is 0 Å². The van der Waals surface area contributed by atoms with Crippen LogP contribution in [-0.2, 0) is 9.47 Å². The van der Waals surface area contributed by atoms with Crippen LogP contribution in [-0.4, -0.2) is 51.0 Å². The molecule has 0 aromatic rings. The van der Waals surface area contributed by atoms with Crippen LogP contribution in [0.3, 0.4) is 0 Å². The fraction of sp³-hybridized carbons (Fsp3) is 1.00. The lowest BCUT2D eigenvalue weighted by Gasteiger charge is -2.28. The second-order valence-corrected chi connectivity index (χ2v) is 3.64. The molecule has 2 aliphatic heterocycles.